The predicted molar refractivity (Wildman–Crippen MR) is 108 cm³/mol. The Morgan fingerprint density at radius 2 is 1.75 bits per heavy atom. The molecular formula is C23H29NO4. The monoisotopic (exact) mass is 383 g/mol. The minimum atomic E-state index is 0.00545. The number of benzene rings is 2. The van der Waals surface area contributed by atoms with E-state index in [9.17, 15) is 4.79 Å². The van der Waals surface area contributed by atoms with E-state index in [1.165, 1.54) is 5.56 Å². The molecule has 1 aliphatic heterocycles. The Balaban J connectivity index is 1.46. The maximum atomic E-state index is 12.1. The molecule has 1 heterocycles. The summed E-state index contributed by atoms with van der Waals surface area (Å²) in [6.07, 6.45) is 2.16. The zero-order chi connectivity index (χ0) is 19.6. The van der Waals surface area contributed by atoms with Crippen molar-refractivity contribution in [2.24, 2.45) is 0 Å². The van der Waals surface area contributed by atoms with Gasteiger partial charge in [-0.3, -0.25) is 9.69 Å². The summed E-state index contributed by atoms with van der Waals surface area (Å²) in [6, 6.07) is 19.4. The zero-order valence-electron chi connectivity index (χ0n) is 16.5. The van der Waals surface area contributed by atoms with Gasteiger partial charge in [0.25, 0.3) is 0 Å². The van der Waals surface area contributed by atoms with Gasteiger partial charge in [-0.1, -0.05) is 60.7 Å². The molecule has 0 N–H and O–H groups in total. The first-order valence-corrected chi connectivity index (χ1v) is 9.84. The number of likely N-dealkylation sites (tertiary alicyclic amines) is 1. The molecule has 1 fully saturated rings. The van der Waals surface area contributed by atoms with Crippen LogP contribution in [0.1, 0.15) is 28.8 Å². The largest absolute Gasteiger partial charge is 0.380 e. The van der Waals surface area contributed by atoms with Crippen LogP contribution in [0.2, 0.25) is 0 Å². The molecule has 3 rings (SSSR count). The van der Waals surface area contributed by atoms with Gasteiger partial charge in [-0.05, 0) is 18.4 Å². The van der Waals surface area contributed by atoms with Crippen LogP contribution in [0.3, 0.4) is 0 Å². The molecule has 0 spiro atoms. The average molecular weight is 383 g/mol. The van der Waals surface area contributed by atoms with Crippen molar-refractivity contribution in [3.05, 3.63) is 71.8 Å². The Morgan fingerprint density at radius 1 is 1.04 bits per heavy atom. The molecule has 150 valence electrons. The topological polar surface area (TPSA) is 48.0 Å². The number of carbonyl (C=O) groups is 1. The molecule has 1 aliphatic rings. The van der Waals surface area contributed by atoms with Crippen LogP contribution in [0, 0.1) is 0 Å². The number of nitrogens with zero attached hydrogens (tertiary/aromatic N) is 1. The van der Waals surface area contributed by atoms with Crippen molar-refractivity contribution in [2.45, 2.75) is 31.8 Å². The minimum Gasteiger partial charge on any atom is -0.380 e. The van der Waals surface area contributed by atoms with Crippen LogP contribution in [-0.2, 0) is 20.8 Å². The van der Waals surface area contributed by atoms with Crippen molar-refractivity contribution in [3.63, 3.8) is 0 Å². The fraction of sp³-hybridized carbons (Fsp3) is 0.435. The number of methoxy groups -OCH3 is 1. The molecule has 5 heteroatoms. The molecule has 0 radical (unpaired) electrons. The highest BCUT2D eigenvalue weighted by molar-refractivity contribution is 5.96. The average Bonchev–Trinajstić information content (AvgIpc) is 2.76. The van der Waals surface area contributed by atoms with E-state index in [1.54, 1.807) is 7.11 Å². The van der Waals surface area contributed by atoms with E-state index in [0.717, 1.165) is 19.4 Å². The minimum absolute atomic E-state index is 0.00545. The van der Waals surface area contributed by atoms with Gasteiger partial charge in [-0.2, -0.15) is 0 Å². The summed E-state index contributed by atoms with van der Waals surface area (Å²) in [5, 5.41) is 0. The molecule has 1 saturated heterocycles. The van der Waals surface area contributed by atoms with Gasteiger partial charge in [-0.25, -0.2) is 0 Å². The van der Waals surface area contributed by atoms with Crippen molar-refractivity contribution in [1.29, 1.82) is 0 Å². The third-order valence-electron chi connectivity index (χ3n) is 5.05. The first kappa shape index (κ1) is 20.7. The molecule has 2 aromatic rings. The normalized spacial score (nSPS) is 20.2. The lowest BCUT2D eigenvalue weighted by atomic mass is 10.1. The number of rotatable bonds is 10. The van der Waals surface area contributed by atoms with Gasteiger partial charge in [0.05, 0.1) is 19.3 Å². The Labute approximate surface area is 167 Å². The van der Waals surface area contributed by atoms with Crippen LogP contribution >= 0.6 is 0 Å². The van der Waals surface area contributed by atoms with E-state index in [-0.39, 0.29) is 24.7 Å². The number of hydrogen-bond donors (Lipinski definition) is 0. The van der Waals surface area contributed by atoms with E-state index >= 15 is 0 Å². The van der Waals surface area contributed by atoms with Gasteiger partial charge in [0.1, 0.15) is 12.8 Å². The molecule has 0 saturated carbocycles. The number of hydrogen-bond acceptors (Lipinski definition) is 5. The van der Waals surface area contributed by atoms with Crippen LogP contribution in [0.5, 0.6) is 0 Å². The first-order chi connectivity index (χ1) is 13.8. The number of piperidine rings is 1. The molecule has 0 aliphatic carbocycles. The SMILES string of the molecule is COC1CCC(OCc2ccccc2)N(CCOCC(=O)c2ccccc2)C1. The molecule has 0 aromatic heterocycles. The zero-order valence-corrected chi connectivity index (χ0v) is 16.5. The highest BCUT2D eigenvalue weighted by atomic mass is 16.5. The van der Waals surface area contributed by atoms with Gasteiger partial charge in [0, 0.05) is 25.8 Å². The second kappa shape index (κ2) is 11.1. The summed E-state index contributed by atoms with van der Waals surface area (Å²) in [6.45, 7) is 2.70. The highest BCUT2D eigenvalue weighted by Crippen LogP contribution is 2.21. The fourth-order valence-electron chi connectivity index (χ4n) is 3.42. The molecule has 0 amide bonds. The predicted octanol–water partition coefficient (Wildman–Crippen LogP) is 3.54. The Hall–Kier alpha value is -2.05. The van der Waals surface area contributed by atoms with Crippen molar-refractivity contribution in [1.82, 2.24) is 4.90 Å². The summed E-state index contributed by atoms with van der Waals surface area (Å²) in [7, 11) is 1.75. The van der Waals surface area contributed by atoms with Gasteiger partial charge in [0.15, 0.2) is 5.78 Å². The van der Waals surface area contributed by atoms with E-state index < -0.39 is 0 Å². The third kappa shape index (κ3) is 6.24. The number of carbonyl (C=O) groups excluding carboxylic acids is 1. The number of ether oxygens (including phenoxy) is 3. The Bertz CT molecular complexity index is 707. The summed E-state index contributed by atoms with van der Waals surface area (Å²) < 4.78 is 17.4. The van der Waals surface area contributed by atoms with Crippen LogP contribution in [0.4, 0.5) is 0 Å². The number of ketones is 1. The van der Waals surface area contributed by atoms with Crippen molar-refractivity contribution in [3.8, 4) is 0 Å². The highest BCUT2D eigenvalue weighted by Gasteiger charge is 2.28. The third-order valence-corrected chi connectivity index (χ3v) is 5.05. The molecule has 0 bridgehead atoms. The fourth-order valence-corrected chi connectivity index (χ4v) is 3.42. The molecule has 2 aromatic carbocycles. The lowest BCUT2D eigenvalue weighted by Crippen LogP contribution is -2.48. The van der Waals surface area contributed by atoms with Crippen molar-refractivity contribution >= 4 is 5.78 Å². The van der Waals surface area contributed by atoms with E-state index in [2.05, 4.69) is 17.0 Å². The lowest BCUT2D eigenvalue weighted by Gasteiger charge is -2.38. The smallest absolute Gasteiger partial charge is 0.188 e. The van der Waals surface area contributed by atoms with Crippen LogP contribution in [-0.4, -0.2) is 56.4 Å². The van der Waals surface area contributed by atoms with Crippen molar-refractivity contribution < 1.29 is 19.0 Å². The van der Waals surface area contributed by atoms with E-state index in [4.69, 9.17) is 14.2 Å². The second-order valence-electron chi connectivity index (χ2n) is 7.02. The standard InChI is InChI=1S/C23H29NO4/c1-26-21-12-13-23(28-17-19-8-4-2-5-9-19)24(16-21)14-15-27-18-22(25)20-10-6-3-7-11-20/h2-11,21,23H,12-18H2,1H3. The Kier molecular flexibility index (Phi) is 8.18. The van der Waals surface area contributed by atoms with Gasteiger partial charge < -0.3 is 14.2 Å². The quantitative estimate of drug-likeness (QED) is 0.464. The molecule has 28 heavy (non-hydrogen) atoms. The molecule has 2 atom stereocenters. The molecular weight excluding hydrogens is 354 g/mol. The van der Waals surface area contributed by atoms with Gasteiger partial charge >= 0.3 is 0 Å². The maximum Gasteiger partial charge on any atom is 0.188 e. The van der Waals surface area contributed by atoms with Gasteiger partial charge in [0.2, 0.25) is 0 Å². The maximum absolute atomic E-state index is 12.1. The van der Waals surface area contributed by atoms with Crippen molar-refractivity contribution in [2.75, 3.05) is 33.4 Å². The van der Waals surface area contributed by atoms with Crippen LogP contribution < -0.4 is 0 Å². The molecule has 2 unspecified atom stereocenters. The van der Waals surface area contributed by atoms with E-state index in [0.29, 0.717) is 25.3 Å². The molecule has 5 nitrogen and oxygen atoms in total. The van der Waals surface area contributed by atoms with Crippen LogP contribution in [0.25, 0.3) is 0 Å². The summed E-state index contributed by atoms with van der Waals surface area (Å²) in [5.41, 5.74) is 1.85. The van der Waals surface area contributed by atoms with Gasteiger partial charge in [-0.15, -0.1) is 0 Å². The Morgan fingerprint density at radius 3 is 2.46 bits per heavy atom. The van der Waals surface area contributed by atoms with E-state index in [1.807, 2.05) is 48.5 Å². The summed E-state index contributed by atoms with van der Waals surface area (Å²) in [5.74, 6) is 0.00545. The second-order valence-corrected chi connectivity index (χ2v) is 7.02. The first-order valence-electron chi connectivity index (χ1n) is 9.84. The summed E-state index contributed by atoms with van der Waals surface area (Å²) in [4.78, 5) is 14.4. The summed E-state index contributed by atoms with van der Waals surface area (Å²) >= 11 is 0. The number of Topliss-reactive ketones (excluding diaryl/α,β-unsaturated/α-hetero) is 1. The van der Waals surface area contributed by atoms with Crippen LogP contribution in [0.15, 0.2) is 60.7 Å². The lowest BCUT2D eigenvalue weighted by molar-refractivity contribution is -0.123.